The van der Waals surface area contributed by atoms with Crippen LogP contribution in [0.25, 0.3) is 11.3 Å². The molecule has 1 saturated carbocycles. The molecule has 142 valence electrons. The number of hydrogen-bond acceptors (Lipinski definition) is 6. The fourth-order valence-corrected chi connectivity index (χ4v) is 4.03. The number of benzene rings is 1. The van der Waals surface area contributed by atoms with Crippen LogP contribution in [0.5, 0.6) is 11.5 Å². The van der Waals surface area contributed by atoms with Crippen LogP contribution in [0.3, 0.4) is 0 Å². The van der Waals surface area contributed by atoms with Gasteiger partial charge in [0.05, 0.1) is 22.9 Å². The number of hydrogen-bond donors (Lipinski definition) is 1. The van der Waals surface area contributed by atoms with Crippen molar-refractivity contribution in [1.82, 2.24) is 9.97 Å². The average Bonchev–Trinajstić information content (AvgIpc) is 3.17. The Kier molecular flexibility index (Phi) is 6.45. The molecule has 0 atom stereocenters. The van der Waals surface area contributed by atoms with Gasteiger partial charge in [-0.15, -0.1) is 0 Å². The SMILES string of the molecule is CCOc1cc(-c2nc(SC)[nH]c(=O)c2C#N)cc(Br)c1OC1CCCC1. The van der Waals surface area contributed by atoms with E-state index in [1.807, 2.05) is 25.3 Å². The molecule has 1 aromatic heterocycles. The number of nitriles is 1. The summed E-state index contributed by atoms with van der Waals surface area (Å²) >= 11 is 4.88. The minimum atomic E-state index is -0.452. The second kappa shape index (κ2) is 8.81. The zero-order valence-corrected chi connectivity index (χ0v) is 17.6. The van der Waals surface area contributed by atoms with Gasteiger partial charge in [0, 0.05) is 5.56 Å². The molecule has 27 heavy (non-hydrogen) atoms. The van der Waals surface area contributed by atoms with Crippen LogP contribution >= 0.6 is 27.7 Å². The van der Waals surface area contributed by atoms with Gasteiger partial charge in [0.2, 0.25) is 0 Å². The molecule has 0 unspecified atom stereocenters. The van der Waals surface area contributed by atoms with E-state index in [2.05, 4.69) is 25.9 Å². The van der Waals surface area contributed by atoms with Crippen molar-refractivity contribution in [3.63, 3.8) is 0 Å². The molecule has 1 N–H and O–H groups in total. The van der Waals surface area contributed by atoms with Crippen molar-refractivity contribution in [2.24, 2.45) is 0 Å². The molecule has 2 aromatic rings. The van der Waals surface area contributed by atoms with E-state index in [4.69, 9.17) is 9.47 Å². The van der Waals surface area contributed by atoms with Gasteiger partial charge >= 0.3 is 0 Å². The van der Waals surface area contributed by atoms with Crippen LogP contribution in [0.2, 0.25) is 0 Å². The zero-order chi connectivity index (χ0) is 19.4. The van der Waals surface area contributed by atoms with Gasteiger partial charge in [-0.3, -0.25) is 4.79 Å². The lowest BCUT2D eigenvalue weighted by Crippen LogP contribution is -2.15. The van der Waals surface area contributed by atoms with Crippen LogP contribution in [0.4, 0.5) is 0 Å². The number of ether oxygens (including phenoxy) is 2. The van der Waals surface area contributed by atoms with E-state index in [-0.39, 0.29) is 11.7 Å². The Morgan fingerprint density at radius 1 is 1.41 bits per heavy atom. The lowest BCUT2D eigenvalue weighted by atomic mass is 10.1. The highest BCUT2D eigenvalue weighted by atomic mass is 79.9. The maximum Gasteiger partial charge on any atom is 0.270 e. The molecule has 0 aliphatic heterocycles. The Labute approximate surface area is 170 Å². The molecule has 0 radical (unpaired) electrons. The summed E-state index contributed by atoms with van der Waals surface area (Å²) in [7, 11) is 0. The van der Waals surface area contributed by atoms with Crippen molar-refractivity contribution < 1.29 is 9.47 Å². The van der Waals surface area contributed by atoms with Gasteiger partial charge < -0.3 is 14.5 Å². The monoisotopic (exact) mass is 449 g/mol. The van der Waals surface area contributed by atoms with Gasteiger partial charge in [-0.1, -0.05) is 11.8 Å². The molecule has 8 heteroatoms. The number of nitrogens with one attached hydrogen (secondary N) is 1. The summed E-state index contributed by atoms with van der Waals surface area (Å²) in [6.07, 6.45) is 6.40. The maximum atomic E-state index is 12.2. The average molecular weight is 450 g/mol. The number of rotatable bonds is 6. The van der Waals surface area contributed by atoms with E-state index in [9.17, 15) is 10.1 Å². The Morgan fingerprint density at radius 2 is 2.15 bits per heavy atom. The normalized spacial score (nSPS) is 14.1. The van der Waals surface area contributed by atoms with Crippen LogP contribution in [0.15, 0.2) is 26.6 Å². The van der Waals surface area contributed by atoms with E-state index in [1.165, 1.54) is 24.6 Å². The number of aromatic amines is 1. The van der Waals surface area contributed by atoms with E-state index in [0.29, 0.717) is 39.0 Å². The molecule has 6 nitrogen and oxygen atoms in total. The second-order valence-corrected chi connectivity index (χ2v) is 7.80. The fraction of sp³-hybridized carbons (Fsp3) is 0.421. The van der Waals surface area contributed by atoms with E-state index in [1.54, 1.807) is 6.07 Å². The van der Waals surface area contributed by atoms with E-state index >= 15 is 0 Å². The first-order chi connectivity index (χ1) is 13.1. The number of halogens is 1. The smallest absolute Gasteiger partial charge is 0.270 e. The van der Waals surface area contributed by atoms with Crippen molar-refractivity contribution >= 4 is 27.7 Å². The molecular weight excluding hydrogens is 430 g/mol. The van der Waals surface area contributed by atoms with Gasteiger partial charge in [0.1, 0.15) is 11.6 Å². The second-order valence-electron chi connectivity index (χ2n) is 6.15. The van der Waals surface area contributed by atoms with Gasteiger partial charge in [-0.2, -0.15) is 5.26 Å². The molecule has 0 bridgehead atoms. The third-order valence-electron chi connectivity index (χ3n) is 4.37. The Morgan fingerprint density at radius 3 is 2.78 bits per heavy atom. The van der Waals surface area contributed by atoms with Crippen molar-refractivity contribution in [3.8, 4) is 28.8 Å². The summed E-state index contributed by atoms with van der Waals surface area (Å²) in [5, 5.41) is 9.88. The van der Waals surface area contributed by atoms with Crippen molar-refractivity contribution in [2.75, 3.05) is 12.9 Å². The molecule has 1 aliphatic rings. The Bertz CT molecular complexity index is 933. The highest BCUT2D eigenvalue weighted by Crippen LogP contribution is 2.41. The third kappa shape index (κ3) is 4.30. The highest BCUT2D eigenvalue weighted by Gasteiger charge is 2.22. The summed E-state index contributed by atoms with van der Waals surface area (Å²) in [6, 6.07) is 5.56. The first kappa shape index (κ1) is 19.8. The molecular formula is C19H20BrN3O3S. The van der Waals surface area contributed by atoms with Gasteiger partial charge in [0.15, 0.2) is 16.7 Å². The minimum absolute atomic E-state index is 0.0217. The minimum Gasteiger partial charge on any atom is -0.490 e. The molecule has 3 rings (SSSR count). The molecule has 1 aliphatic carbocycles. The highest BCUT2D eigenvalue weighted by molar-refractivity contribution is 9.10. The first-order valence-corrected chi connectivity index (χ1v) is 10.8. The maximum absolute atomic E-state index is 12.2. The molecule has 0 spiro atoms. The van der Waals surface area contributed by atoms with Crippen LogP contribution in [-0.4, -0.2) is 28.9 Å². The molecule has 0 saturated heterocycles. The molecule has 1 heterocycles. The topological polar surface area (TPSA) is 88.0 Å². The van der Waals surface area contributed by atoms with Crippen LogP contribution in [0.1, 0.15) is 38.2 Å². The first-order valence-electron chi connectivity index (χ1n) is 8.79. The fourth-order valence-electron chi connectivity index (χ4n) is 3.12. The van der Waals surface area contributed by atoms with Crippen molar-refractivity contribution in [1.29, 1.82) is 5.26 Å². The number of aromatic nitrogens is 2. The Hall–Kier alpha value is -1.98. The van der Waals surface area contributed by atoms with Crippen molar-refractivity contribution in [3.05, 3.63) is 32.5 Å². The standard InChI is InChI=1S/C19H20BrN3O3S/c1-3-25-15-9-11(8-14(20)17(15)26-12-6-4-5-7-12)16-13(10-21)18(24)23-19(22-16)27-2/h8-9,12H,3-7H2,1-2H3,(H,22,23,24). The number of H-pyrrole nitrogens is 1. The van der Waals surface area contributed by atoms with Gasteiger partial charge in [0.25, 0.3) is 5.56 Å². The summed E-state index contributed by atoms with van der Waals surface area (Å²) in [4.78, 5) is 19.3. The Balaban J connectivity index is 2.11. The lowest BCUT2D eigenvalue weighted by molar-refractivity contribution is 0.195. The van der Waals surface area contributed by atoms with Gasteiger partial charge in [-0.05, 0) is 66.9 Å². The summed E-state index contributed by atoms with van der Waals surface area (Å²) < 4.78 is 12.7. The third-order valence-corrected chi connectivity index (χ3v) is 5.54. The van der Waals surface area contributed by atoms with Crippen LogP contribution in [-0.2, 0) is 0 Å². The predicted octanol–water partition coefficient (Wildman–Crippen LogP) is 4.51. The van der Waals surface area contributed by atoms with E-state index < -0.39 is 5.56 Å². The number of thioether (sulfide) groups is 1. The van der Waals surface area contributed by atoms with Crippen LogP contribution in [0, 0.1) is 11.3 Å². The largest absolute Gasteiger partial charge is 0.490 e. The van der Waals surface area contributed by atoms with Crippen molar-refractivity contribution in [2.45, 2.75) is 43.9 Å². The van der Waals surface area contributed by atoms with E-state index in [0.717, 1.165) is 12.8 Å². The molecule has 1 aromatic carbocycles. The summed E-state index contributed by atoms with van der Waals surface area (Å²) in [6.45, 7) is 2.37. The summed E-state index contributed by atoms with van der Waals surface area (Å²) in [5.41, 5.74) is 0.487. The quantitative estimate of drug-likeness (QED) is 0.515. The molecule has 1 fully saturated rings. The zero-order valence-electron chi connectivity index (χ0n) is 15.2. The summed E-state index contributed by atoms with van der Waals surface area (Å²) in [5.74, 6) is 1.23. The number of nitrogens with zero attached hydrogens (tertiary/aromatic N) is 2. The molecule has 0 amide bonds. The lowest BCUT2D eigenvalue weighted by Gasteiger charge is -2.19. The predicted molar refractivity (Wildman–Crippen MR) is 109 cm³/mol. The van der Waals surface area contributed by atoms with Crippen LogP contribution < -0.4 is 15.0 Å². The van der Waals surface area contributed by atoms with Gasteiger partial charge in [-0.25, -0.2) is 4.98 Å².